The lowest BCUT2D eigenvalue weighted by atomic mass is 10.1. The second kappa shape index (κ2) is 12.3. The van der Waals surface area contributed by atoms with E-state index < -0.39 is 0 Å². The molecular weight excluding hydrogens is 418 g/mol. The first-order valence-electron chi connectivity index (χ1n) is 10.8. The van der Waals surface area contributed by atoms with Crippen LogP contribution in [0, 0.1) is 0 Å². The van der Waals surface area contributed by atoms with E-state index in [-0.39, 0.29) is 18.4 Å². The van der Waals surface area contributed by atoms with Gasteiger partial charge in [-0.2, -0.15) is 0 Å². The molecule has 0 saturated carbocycles. The average molecular weight is 448 g/mol. The molecule has 0 aromatic heterocycles. The molecule has 172 valence electrons. The molecule has 33 heavy (non-hydrogen) atoms. The highest BCUT2D eigenvalue weighted by atomic mass is 16.5. The van der Waals surface area contributed by atoms with Gasteiger partial charge in [-0.05, 0) is 54.4 Å². The van der Waals surface area contributed by atoms with E-state index in [9.17, 15) is 9.59 Å². The molecule has 0 radical (unpaired) electrons. The van der Waals surface area contributed by atoms with Gasteiger partial charge in [0.1, 0.15) is 0 Å². The first kappa shape index (κ1) is 23.8. The predicted octanol–water partition coefficient (Wildman–Crippen LogP) is 3.75. The van der Waals surface area contributed by atoms with E-state index in [1.54, 1.807) is 7.05 Å². The highest BCUT2D eigenvalue weighted by Crippen LogP contribution is 2.28. The molecule has 3 N–H and O–H groups in total. The van der Waals surface area contributed by atoms with Crippen molar-refractivity contribution >= 4 is 17.5 Å². The third kappa shape index (κ3) is 7.36. The summed E-state index contributed by atoms with van der Waals surface area (Å²) >= 11 is 0. The van der Waals surface area contributed by atoms with Gasteiger partial charge >= 0.3 is 0 Å². The zero-order valence-corrected chi connectivity index (χ0v) is 18.9. The fourth-order valence-corrected chi connectivity index (χ4v) is 3.18. The van der Waals surface area contributed by atoms with Gasteiger partial charge in [-0.25, -0.2) is 0 Å². The predicted molar refractivity (Wildman–Crippen MR) is 129 cm³/mol. The van der Waals surface area contributed by atoms with Crippen LogP contribution in [0.5, 0.6) is 11.5 Å². The van der Waals surface area contributed by atoms with Crippen LogP contribution >= 0.6 is 0 Å². The molecule has 2 amide bonds. The Hall–Kier alpha value is -3.84. The van der Waals surface area contributed by atoms with Crippen LogP contribution in [0.2, 0.25) is 0 Å². The molecule has 0 atom stereocenters. The summed E-state index contributed by atoms with van der Waals surface area (Å²) in [6.07, 6.45) is 0. The number of para-hydroxylation sites is 1. The van der Waals surface area contributed by atoms with Crippen molar-refractivity contribution in [2.45, 2.75) is 20.0 Å². The SMILES string of the molecule is CCOc1cc(CNCc2ccc(C(=O)NC)cc2)ccc1OCC(=O)Nc1ccccc1. The van der Waals surface area contributed by atoms with Crippen molar-refractivity contribution < 1.29 is 19.1 Å². The maximum Gasteiger partial charge on any atom is 0.262 e. The fraction of sp³-hybridized carbons (Fsp3) is 0.231. The lowest BCUT2D eigenvalue weighted by molar-refractivity contribution is -0.118. The van der Waals surface area contributed by atoms with Gasteiger partial charge in [0.05, 0.1) is 6.61 Å². The number of nitrogens with one attached hydrogen (secondary N) is 3. The maximum absolute atomic E-state index is 12.2. The Morgan fingerprint density at radius 2 is 1.52 bits per heavy atom. The third-order valence-corrected chi connectivity index (χ3v) is 4.83. The van der Waals surface area contributed by atoms with Crippen LogP contribution in [-0.4, -0.2) is 32.1 Å². The van der Waals surface area contributed by atoms with Crippen LogP contribution in [-0.2, 0) is 17.9 Å². The molecule has 0 unspecified atom stereocenters. The van der Waals surface area contributed by atoms with Crippen LogP contribution in [0.25, 0.3) is 0 Å². The Labute approximate surface area is 194 Å². The zero-order chi connectivity index (χ0) is 23.5. The highest BCUT2D eigenvalue weighted by molar-refractivity contribution is 5.94. The number of hydrogen-bond acceptors (Lipinski definition) is 5. The molecule has 3 aromatic carbocycles. The van der Waals surface area contributed by atoms with Crippen molar-refractivity contribution in [3.05, 3.63) is 89.5 Å². The Balaban J connectivity index is 1.53. The second-order valence-corrected chi connectivity index (χ2v) is 7.30. The van der Waals surface area contributed by atoms with Crippen molar-refractivity contribution in [1.29, 1.82) is 0 Å². The molecule has 0 bridgehead atoms. The number of benzene rings is 3. The molecule has 3 aromatic rings. The van der Waals surface area contributed by atoms with E-state index in [2.05, 4.69) is 16.0 Å². The van der Waals surface area contributed by atoms with Gasteiger partial charge in [0.2, 0.25) is 0 Å². The van der Waals surface area contributed by atoms with Gasteiger partial charge in [-0.1, -0.05) is 36.4 Å². The Bertz CT molecular complexity index is 1050. The van der Waals surface area contributed by atoms with Crippen LogP contribution in [0.4, 0.5) is 5.69 Å². The van der Waals surface area contributed by atoms with E-state index in [0.717, 1.165) is 16.8 Å². The molecular formula is C26H29N3O4. The summed E-state index contributed by atoms with van der Waals surface area (Å²) in [5, 5.41) is 8.79. The number of carbonyl (C=O) groups is 2. The van der Waals surface area contributed by atoms with Crippen molar-refractivity contribution in [2.75, 3.05) is 25.6 Å². The minimum atomic E-state index is -0.239. The van der Waals surface area contributed by atoms with E-state index in [1.807, 2.05) is 79.7 Å². The summed E-state index contributed by atoms with van der Waals surface area (Å²) in [6.45, 7) is 3.57. The van der Waals surface area contributed by atoms with Crippen LogP contribution in [0.1, 0.15) is 28.4 Å². The van der Waals surface area contributed by atoms with Crippen molar-refractivity contribution in [1.82, 2.24) is 10.6 Å². The number of carbonyl (C=O) groups excluding carboxylic acids is 2. The fourth-order valence-electron chi connectivity index (χ4n) is 3.18. The average Bonchev–Trinajstić information content (AvgIpc) is 2.84. The molecule has 7 heteroatoms. The largest absolute Gasteiger partial charge is 0.490 e. The van der Waals surface area contributed by atoms with Crippen molar-refractivity contribution in [2.24, 2.45) is 0 Å². The van der Waals surface area contributed by atoms with E-state index in [1.165, 1.54) is 0 Å². The minimum absolute atomic E-state index is 0.0992. The molecule has 7 nitrogen and oxygen atoms in total. The number of anilines is 1. The van der Waals surface area contributed by atoms with Crippen molar-refractivity contribution in [3.63, 3.8) is 0 Å². The standard InChI is InChI=1S/C26H29N3O4/c1-3-32-24-15-20(17-28-16-19-9-12-21(13-10-19)26(31)27-2)11-14-23(24)33-18-25(30)29-22-7-5-4-6-8-22/h4-15,28H,3,16-18H2,1-2H3,(H,27,31)(H,29,30). The zero-order valence-electron chi connectivity index (χ0n) is 18.9. The monoisotopic (exact) mass is 447 g/mol. The van der Waals surface area contributed by atoms with Crippen LogP contribution < -0.4 is 25.4 Å². The summed E-state index contributed by atoms with van der Waals surface area (Å²) in [5.41, 5.74) is 3.47. The highest BCUT2D eigenvalue weighted by Gasteiger charge is 2.10. The number of hydrogen-bond donors (Lipinski definition) is 3. The normalized spacial score (nSPS) is 10.4. The van der Waals surface area contributed by atoms with Gasteiger partial charge in [-0.15, -0.1) is 0 Å². The summed E-state index contributed by atoms with van der Waals surface area (Å²) in [5.74, 6) is 0.780. The molecule has 0 spiro atoms. The van der Waals surface area contributed by atoms with Crippen molar-refractivity contribution in [3.8, 4) is 11.5 Å². The summed E-state index contributed by atoms with van der Waals surface area (Å²) in [7, 11) is 1.62. The van der Waals surface area contributed by atoms with E-state index >= 15 is 0 Å². The number of amides is 2. The van der Waals surface area contributed by atoms with Gasteiger partial charge < -0.3 is 25.4 Å². The van der Waals surface area contributed by atoms with Gasteiger partial charge in [0.15, 0.2) is 18.1 Å². The summed E-state index contributed by atoms with van der Waals surface area (Å²) in [4.78, 5) is 23.8. The lowest BCUT2D eigenvalue weighted by Crippen LogP contribution is -2.20. The smallest absolute Gasteiger partial charge is 0.262 e. The minimum Gasteiger partial charge on any atom is -0.490 e. The van der Waals surface area contributed by atoms with E-state index in [0.29, 0.717) is 36.8 Å². The Kier molecular flexibility index (Phi) is 8.85. The first-order chi connectivity index (χ1) is 16.1. The first-order valence-corrected chi connectivity index (χ1v) is 10.8. The quantitative estimate of drug-likeness (QED) is 0.417. The summed E-state index contributed by atoms with van der Waals surface area (Å²) in [6, 6.07) is 22.4. The molecule has 0 aliphatic rings. The van der Waals surface area contributed by atoms with Gasteiger partial charge in [0.25, 0.3) is 11.8 Å². The molecule has 0 saturated heterocycles. The molecule has 3 rings (SSSR count). The third-order valence-electron chi connectivity index (χ3n) is 4.83. The van der Waals surface area contributed by atoms with Gasteiger partial charge in [-0.3, -0.25) is 9.59 Å². The molecule has 0 aliphatic carbocycles. The van der Waals surface area contributed by atoms with Crippen LogP contribution in [0.15, 0.2) is 72.8 Å². The summed E-state index contributed by atoms with van der Waals surface area (Å²) < 4.78 is 11.4. The topological polar surface area (TPSA) is 88.7 Å². The van der Waals surface area contributed by atoms with Gasteiger partial charge in [0, 0.05) is 31.4 Å². The molecule has 0 aliphatic heterocycles. The van der Waals surface area contributed by atoms with E-state index in [4.69, 9.17) is 9.47 Å². The van der Waals surface area contributed by atoms with Crippen LogP contribution in [0.3, 0.4) is 0 Å². The number of ether oxygens (including phenoxy) is 2. The molecule has 0 heterocycles. The molecule has 0 fully saturated rings. The lowest BCUT2D eigenvalue weighted by Gasteiger charge is -2.14. The second-order valence-electron chi connectivity index (χ2n) is 7.30. The number of rotatable bonds is 11. The Morgan fingerprint density at radius 1 is 0.818 bits per heavy atom. The Morgan fingerprint density at radius 3 is 2.21 bits per heavy atom. The maximum atomic E-state index is 12.2.